The van der Waals surface area contributed by atoms with E-state index in [1.54, 1.807) is 31.2 Å². The van der Waals surface area contributed by atoms with Crippen LogP contribution in [0.1, 0.15) is 6.92 Å². The van der Waals surface area contributed by atoms with Gasteiger partial charge in [-0.25, -0.2) is 8.42 Å². The lowest BCUT2D eigenvalue weighted by Gasteiger charge is -2.02. The zero-order valence-electron chi connectivity index (χ0n) is 12.0. The molecule has 0 fully saturated rings. The molecular formula is C15H12Cl2N2O3S. The Morgan fingerprint density at radius 1 is 1.13 bits per heavy atom. The molecule has 3 aromatic rings. The Labute approximate surface area is 143 Å². The Morgan fingerprint density at radius 2 is 1.91 bits per heavy atom. The highest BCUT2D eigenvalue weighted by molar-refractivity contribution is 7.91. The lowest BCUT2D eigenvalue weighted by molar-refractivity contribution is 0.597. The maximum atomic E-state index is 11.9. The van der Waals surface area contributed by atoms with Gasteiger partial charge < -0.3 is 9.73 Å². The van der Waals surface area contributed by atoms with Gasteiger partial charge in [0.1, 0.15) is 5.52 Å². The summed E-state index contributed by atoms with van der Waals surface area (Å²) >= 11 is 11.8. The molecule has 0 saturated carbocycles. The van der Waals surface area contributed by atoms with Crippen LogP contribution in [-0.2, 0) is 9.84 Å². The van der Waals surface area contributed by atoms with Gasteiger partial charge in [-0.3, -0.25) is 0 Å². The molecule has 0 bridgehead atoms. The van der Waals surface area contributed by atoms with Gasteiger partial charge in [0, 0.05) is 5.69 Å². The van der Waals surface area contributed by atoms with Gasteiger partial charge in [0.05, 0.1) is 20.7 Å². The summed E-state index contributed by atoms with van der Waals surface area (Å²) in [7, 11) is -3.28. The number of halogens is 2. The molecule has 0 amide bonds. The minimum Gasteiger partial charge on any atom is -0.423 e. The SMILES string of the molecule is CCS(=O)(=O)c1ccc2oc(Nc3ccc(Cl)c(Cl)c3)nc2c1. The molecule has 5 nitrogen and oxygen atoms in total. The van der Waals surface area contributed by atoms with E-state index in [0.717, 1.165) is 0 Å². The molecule has 0 atom stereocenters. The normalized spacial score (nSPS) is 11.8. The van der Waals surface area contributed by atoms with E-state index in [9.17, 15) is 8.42 Å². The summed E-state index contributed by atoms with van der Waals surface area (Å²) in [5.74, 6) is 0.0325. The second kappa shape index (κ2) is 6.03. The van der Waals surface area contributed by atoms with E-state index in [4.69, 9.17) is 27.6 Å². The van der Waals surface area contributed by atoms with Gasteiger partial charge in [-0.05, 0) is 36.4 Å². The Bertz CT molecular complexity index is 984. The van der Waals surface area contributed by atoms with Crippen LogP contribution in [0.4, 0.5) is 11.7 Å². The average molecular weight is 371 g/mol. The maximum Gasteiger partial charge on any atom is 0.300 e. The summed E-state index contributed by atoms with van der Waals surface area (Å²) in [4.78, 5) is 4.47. The highest BCUT2D eigenvalue weighted by Gasteiger charge is 2.14. The zero-order chi connectivity index (χ0) is 16.6. The quantitative estimate of drug-likeness (QED) is 0.722. The van der Waals surface area contributed by atoms with Gasteiger partial charge in [-0.2, -0.15) is 4.98 Å². The Balaban J connectivity index is 1.95. The molecule has 1 heterocycles. The predicted octanol–water partition coefficient (Wildman–Crippen LogP) is 4.67. The Morgan fingerprint density at radius 3 is 2.61 bits per heavy atom. The van der Waals surface area contributed by atoms with Crippen molar-refractivity contribution in [3.8, 4) is 0 Å². The van der Waals surface area contributed by atoms with E-state index in [1.807, 2.05) is 0 Å². The molecule has 0 unspecified atom stereocenters. The van der Waals surface area contributed by atoms with E-state index in [-0.39, 0.29) is 16.7 Å². The number of fused-ring (bicyclic) bond motifs is 1. The molecule has 23 heavy (non-hydrogen) atoms. The molecule has 8 heteroatoms. The maximum absolute atomic E-state index is 11.9. The fraction of sp³-hybridized carbons (Fsp3) is 0.133. The first kappa shape index (κ1) is 16.1. The molecule has 120 valence electrons. The number of nitrogens with one attached hydrogen (secondary N) is 1. The molecule has 3 rings (SSSR count). The molecule has 1 aromatic heterocycles. The second-order valence-electron chi connectivity index (χ2n) is 4.81. The molecular weight excluding hydrogens is 359 g/mol. The standard InChI is InChI=1S/C15H12Cl2N2O3S/c1-2-23(20,21)10-4-6-14-13(8-10)19-15(22-14)18-9-3-5-11(16)12(17)7-9/h3-8H,2H2,1H3,(H,18,19). The van der Waals surface area contributed by atoms with Crippen LogP contribution in [0.5, 0.6) is 0 Å². The number of benzene rings is 2. The lowest BCUT2D eigenvalue weighted by atomic mass is 10.3. The molecule has 0 aliphatic rings. The van der Waals surface area contributed by atoms with Crippen molar-refractivity contribution >= 4 is 55.8 Å². The second-order valence-corrected chi connectivity index (χ2v) is 7.90. The van der Waals surface area contributed by atoms with Crippen LogP contribution in [0.25, 0.3) is 11.1 Å². The van der Waals surface area contributed by atoms with Crippen molar-refractivity contribution in [1.29, 1.82) is 0 Å². The van der Waals surface area contributed by atoms with Gasteiger partial charge in [0.25, 0.3) is 6.01 Å². The summed E-state index contributed by atoms with van der Waals surface area (Å²) < 4.78 is 29.4. The first-order valence-corrected chi connectivity index (χ1v) is 9.15. The van der Waals surface area contributed by atoms with E-state index >= 15 is 0 Å². The highest BCUT2D eigenvalue weighted by Crippen LogP contribution is 2.28. The first-order valence-electron chi connectivity index (χ1n) is 6.74. The number of rotatable bonds is 4. The van der Waals surface area contributed by atoms with Crippen LogP contribution in [0.3, 0.4) is 0 Å². The number of sulfone groups is 1. The Kier molecular flexibility index (Phi) is 4.23. The minimum atomic E-state index is -3.28. The van der Waals surface area contributed by atoms with Gasteiger partial charge in [0.15, 0.2) is 15.4 Å². The molecule has 0 saturated heterocycles. The third kappa shape index (κ3) is 3.29. The number of hydrogen-bond acceptors (Lipinski definition) is 5. The van der Waals surface area contributed by atoms with Crippen molar-refractivity contribution < 1.29 is 12.8 Å². The topological polar surface area (TPSA) is 72.2 Å². The number of aromatic nitrogens is 1. The van der Waals surface area contributed by atoms with E-state index in [1.165, 1.54) is 12.1 Å². The predicted molar refractivity (Wildman–Crippen MR) is 91.5 cm³/mol. The summed E-state index contributed by atoms with van der Waals surface area (Å²) in [5, 5.41) is 3.82. The monoisotopic (exact) mass is 370 g/mol. The van der Waals surface area contributed by atoms with E-state index in [2.05, 4.69) is 10.3 Å². The molecule has 0 spiro atoms. The summed E-state index contributed by atoms with van der Waals surface area (Å²) in [6.45, 7) is 1.60. The molecule has 1 N–H and O–H groups in total. The van der Waals surface area contributed by atoms with Crippen molar-refractivity contribution in [2.24, 2.45) is 0 Å². The number of hydrogen-bond donors (Lipinski definition) is 1. The van der Waals surface area contributed by atoms with Crippen LogP contribution >= 0.6 is 23.2 Å². The van der Waals surface area contributed by atoms with Gasteiger partial charge in [-0.1, -0.05) is 30.1 Å². The summed E-state index contributed by atoms with van der Waals surface area (Å²) in [6, 6.07) is 9.87. The van der Waals surface area contributed by atoms with Crippen LogP contribution < -0.4 is 5.32 Å². The van der Waals surface area contributed by atoms with Gasteiger partial charge in [0.2, 0.25) is 0 Å². The first-order chi connectivity index (χ1) is 10.9. The number of nitrogens with zero attached hydrogens (tertiary/aromatic N) is 1. The van der Waals surface area contributed by atoms with Crippen molar-refractivity contribution in [2.45, 2.75) is 11.8 Å². The minimum absolute atomic E-state index is 0.0325. The average Bonchev–Trinajstić information content (AvgIpc) is 2.92. The van der Waals surface area contributed by atoms with Crippen molar-refractivity contribution in [1.82, 2.24) is 4.98 Å². The fourth-order valence-corrected chi connectivity index (χ4v) is 3.22. The van der Waals surface area contributed by atoms with Crippen molar-refractivity contribution in [3.05, 3.63) is 46.4 Å². The highest BCUT2D eigenvalue weighted by atomic mass is 35.5. The molecule has 0 aliphatic carbocycles. The largest absolute Gasteiger partial charge is 0.423 e. The van der Waals surface area contributed by atoms with Crippen LogP contribution in [0, 0.1) is 0 Å². The third-order valence-electron chi connectivity index (χ3n) is 3.27. The lowest BCUT2D eigenvalue weighted by Crippen LogP contribution is -2.03. The van der Waals surface area contributed by atoms with Crippen LogP contribution in [-0.4, -0.2) is 19.2 Å². The van der Waals surface area contributed by atoms with Crippen molar-refractivity contribution in [2.75, 3.05) is 11.1 Å². The number of anilines is 2. The van der Waals surface area contributed by atoms with E-state index in [0.29, 0.717) is 26.8 Å². The van der Waals surface area contributed by atoms with Crippen LogP contribution in [0.2, 0.25) is 10.0 Å². The zero-order valence-corrected chi connectivity index (χ0v) is 14.3. The summed E-state index contributed by atoms with van der Waals surface area (Å²) in [6.07, 6.45) is 0. The summed E-state index contributed by atoms with van der Waals surface area (Å²) in [5.41, 5.74) is 1.61. The third-order valence-corrected chi connectivity index (χ3v) is 5.74. The van der Waals surface area contributed by atoms with Gasteiger partial charge >= 0.3 is 0 Å². The Hall–Kier alpha value is -1.76. The fourth-order valence-electron chi connectivity index (χ4n) is 2.02. The van der Waals surface area contributed by atoms with Gasteiger partial charge in [-0.15, -0.1) is 0 Å². The molecule has 2 aromatic carbocycles. The number of oxazole rings is 1. The van der Waals surface area contributed by atoms with E-state index < -0.39 is 9.84 Å². The molecule has 0 aliphatic heterocycles. The van der Waals surface area contributed by atoms with Crippen molar-refractivity contribution in [3.63, 3.8) is 0 Å². The van der Waals surface area contributed by atoms with Crippen LogP contribution in [0.15, 0.2) is 45.7 Å². The molecule has 0 radical (unpaired) electrons. The smallest absolute Gasteiger partial charge is 0.300 e.